The quantitative estimate of drug-likeness (QED) is 0.556. The maximum atomic E-state index is 11.6. The smallest absolute Gasteiger partial charge is 0.280 e. The highest BCUT2D eigenvalue weighted by Gasteiger charge is 2.09. The Hall–Kier alpha value is -1.55. The zero-order valence-corrected chi connectivity index (χ0v) is 12.4. The second kappa shape index (κ2) is 6.06. The van der Waals surface area contributed by atoms with E-state index in [1.165, 1.54) is 6.33 Å². The lowest BCUT2D eigenvalue weighted by Crippen LogP contribution is -2.20. The number of rotatable bonds is 6. The Balaban J connectivity index is 2.03. The molecule has 0 aromatic carbocycles. The molecule has 0 saturated heterocycles. The van der Waals surface area contributed by atoms with Gasteiger partial charge in [0, 0.05) is 23.1 Å². The number of aromatic amines is 1. The van der Waals surface area contributed by atoms with Crippen LogP contribution in [0.3, 0.4) is 0 Å². The van der Waals surface area contributed by atoms with Gasteiger partial charge in [-0.15, -0.1) is 0 Å². The standard InChI is InChI=1S/C9H14N5O5PS/c10-9-12-7-6(8(15)13-9)11-4-14(7)2-1-3-21(19)5-20(16,17)18/h4H,1-3,5H2,(H2,16,17,18)(H3,10,12,13,15)/p-2. The van der Waals surface area contributed by atoms with Gasteiger partial charge in [0.2, 0.25) is 5.95 Å². The molecule has 0 aliphatic carbocycles. The zero-order chi connectivity index (χ0) is 15.6. The molecule has 2 aromatic rings. The summed E-state index contributed by atoms with van der Waals surface area (Å²) in [5.74, 6) is 0.00350. The number of H-pyrrole nitrogens is 1. The Morgan fingerprint density at radius 2 is 2.19 bits per heavy atom. The van der Waals surface area contributed by atoms with Crippen molar-refractivity contribution < 1.29 is 18.6 Å². The summed E-state index contributed by atoms with van der Waals surface area (Å²) in [4.78, 5) is 42.7. The van der Waals surface area contributed by atoms with Crippen LogP contribution in [0.1, 0.15) is 6.42 Å². The van der Waals surface area contributed by atoms with Crippen LogP contribution in [0.2, 0.25) is 0 Å². The number of imidazole rings is 1. The fourth-order valence-corrected chi connectivity index (χ4v) is 4.15. The average molecular weight is 333 g/mol. The molecule has 2 heterocycles. The molecule has 2 aromatic heterocycles. The Kier molecular flexibility index (Phi) is 4.57. The number of hydrogen-bond acceptors (Lipinski definition) is 8. The van der Waals surface area contributed by atoms with Crippen LogP contribution in [0.5, 0.6) is 0 Å². The fraction of sp³-hybridized carbons (Fsp3) is 0.444. The van der Waals surface area contributed by atoms with Crippen LogP contribution in [-0.2, 0) is 21.9 Å². The first-order valence-corrected chi connectivity index (χ1v) is 9.04. The van der Waals surface area contributed by atoms with Gasteiger partial charge in [0.1, 0.15) is 0 Å². The molecule has 0 spiro atoms. The van der Waals surface area contributed by atoms with Gasteiger partial charge in [0.05, 0.1) is 11.8 Å². The lowest BCUT2D eigenvalue weighted by atomic mass is 10.4. The minimum atomic E-state index is -4.77. The number of anilines is 1. The highest BCUT2D eigenvalue weighted by molar-refractivity contribution is 7.91. The molecular weight excluding hydrogens is 321 g/mol. The minimum Gasteiger partial charge on any atom is -0.810 e. The van der Waals surface area contributed by atoms with Crippen molar-refractivity contribution in [1.29, 1.82) is 0 Å². The van der Waals surface area contributed by atoms with Crippen LogP contribution in [0.4, 0.5) is 5.95 Å². The van der Waals surface area contributed by atoms with Gasteiger partial charge in [-0.3, -0.25) is 14.0 Å². The van der Waals surface area contributed by atoms with Crippen LogP contribution >= 0.6 is 7.60 Å². The van der Waals surface area contributed by atoms with E-state index >= 15 is 0 Å². The van der Waals surface area contributed by atoms with Gasteiger partial charge in [-0.2, -0.15) is 4.98 Å². The summed E-state index contributed by atoms with van der Waals surface area (Å²) in [5, 5.41) is 0. The van der Waals surface area contributed by atoms with E-state index in [1.807, 2.05) is 0 Å². The second-order valence-electron chi connectivity index (χ2n) is 4.30. The largest absolute Gasteiger partial charge is 0.810 e. The van der Waals surface area contributed by atoms with Gasteiger partial charge >= 0.3 is 0 Å². The molecule has 0 amide bonds. The Morgan fingerprint density at radius 1 is 1.48 bits per heavy atom. The Bertz CT molecular complexity index is 780. The van der Waals surface area contributed by atoms with E-state index in [9.17, 15) is 23.4 Å². The number of hydrogen-bond donors (Lipinski definition) is 2. The van der Waals surface area contributed by atoms with E-state index in [0.29, 0.717) is 18.6 Å². The van der Waals surface area contributed by atoms with E-state index in [0.717, 1.165) is 0 Å². The van der Waals surface area contributed by atoms with Gasteiger partial charge < -0.3 is 24.7 Å². The molecule has 1 unspecified atom stereocenters. The van der Waals surface area contributed by atoms with Gasteiger partial charge in [0.25, 0.3) is 5.56 Å². The van der Waals surface area contributed by atoms with Crippen molar-refractivity contribution in [3.05, 3.63) is 16.7 Å². The third kappa shape index (κ3) is 4.21. The number of fused-ring (bicyclic) bond motifs is 1. The monoisotopic (exact) mass is 333 g/mol. The zero-order valence-electron chi connectivity index (χ0n) is 10.7. The van der Waals surface area contributed by atoms with E-state index in [2.05, 4.69) is 15.0 Å². The molecule has 0 aliphatic rings. The van der Waals surface area contributed by atoms with E-state index < -0.39 is 29.4 Å². The number of nitrogens with two attached hydrogens (primary N) is 1. The Labute approximate surface area is 121 Å². The number of aromatic nitrogens is 4. The molecule has 0 aliphatic heterocycles. The number of nitrogens with one attached hydrogen (secondary N) is 1. The molecule has 1 atom stereocenters. The van der Waals surface area contributed by atoms with Crippen molar-refractivity contribution in [2.45, 2.75) is 13.0 Å². The minimum absolute atomic E-state index is 0.0449. The van der Waals surface area contributed by atoms with Crippen molar-refractivity contribution in [3.63, 3.8) is 0 Å². The summed E-state index contributed by atoms with van der Waals surface area (Å²) >= 11 is 0. The molecule has 0 radical (unpaired) electrons. The van der Waals surface area contributed by atoms with Crippen LogP contribution in [0.15, 0.2) is 11.1 Å². The maximum absolute atomic E-state index is 11.6. The summed E-state index contributed by atoms with van der Waals surface area (Å²) < 4.78 is 23.4. The first-order valence-electron chi connectivity index (χ1n) is 5.83. The van der Waals surface area contributed by atoms with Crippen molar-refractivity contribution in [2.24, 2.45) is 0 Å². The summed E-state index contributed by atoms with van der Waals surface area (Å²) in [6.07, 6.45) is 1.73. The molecule has 10 nitrogen and oxygen atoms in total. The van der Waals surface area contributed by atoms with E-state index in [-0.39, 0.29) is 17.2 Å². The SMILES string of the molecule is Nc1nc2c(ncn2CCCS(=O)CP(=O)([O-])[O-])c(=O)[nH]1. The van der Waals surface area contributed by atoms with Gasteiger partial charge in [-0.25, -0.2) is 4.98 Å². The summed E-state index contributed by atoms with van der Waals surface area (Å²) in [6, 6.07) is 0. The predicted molar refractivity (Wildman–Crippen MR) is 72.7 cm³/mol. The summed E-state index contributed by atoms with van der Waals surface area (Å²) in [7, 11) is -6.50. The molecule has 0 saturated carbocycles. The van der Waals surface area contributed by atoms with Crippen LogP contribution in [0, 0.1) is 0 Å². The first-order chi connectivity index (χ1) is 9.76. The normalized spacial score (nSPS) is 13.6. The summed E-state index contributed by atoms with van der Waals surface area (Å²) in [6.45, 7) is 0.320. The van der Waals surface area contributed by atoms with E-state index in [1.54, 1.807) is 4.57 Å². The second-order valence-corrected chi connectivity index (χ2v) is 7.84. The maximum Gasteiger partial charge on any atom is 0.280 e. The number of nitrogens with zero attached hydrogens (tertiary/aromatic N) is 3. The molecular formula is C9H12N5O5PS-2. The van der Waals surface area contributed by atoms with Gasteiger partial charge in [-0.05, 0) is 6.42 Å². The molecule has 0 bridgehead atoms. The molecule has 2 rings (SSSR count). The lowest BCUT2D eigenvalue weighted by Gasteiger charge is -2.28. The molecule has 21 heavy (non-hydrogen) atoms. The van der Waals surface area contributed by atoms with Crippen molar-refractivity contribution in [2.75, 3.05) is 17.0 Å². The molecule has 116 valence electrons. The third-order valence-corrected chi connectivity index (χ3v) is 5.73. The number of nitrogen functional groups attached to an aromatic ring is 1. The summed E-state index contributed by atoms with van der Waals surface area (Å²) in [5.41, 5.74) is 4.54. The number of aryl methyl sites for hydroxylation is 1. The van der Waals surface area contributed by atoms with Crippen molar-refractivity contribution in [3.8, 4) is 0 Å². The molecule has 12 heteroatoms. The van der Waals surface area contributed by atoms with Crippen molar-refractivity contribution >= 4 is 35.5 Å². The fourth-order valence-electron chi connectivity index (χ4n) is 1.77. The lowest BCUT2D eigenvalue weighted by molar-refractivity contribution is -0.311. The first kappa shape index (κ1) is 15.8. The third-order valence-electron chi connectivity index (χ3n) is 2.57. The average Bonchev–Trinajstić information content (AvgIpc) is 2.70. The predicted octanol–water partition coefficient (Wildman–Crippen LogP) is -2.29. The topological polar surface area (TPSA) is 170 Å². The van der Waals surface area contributed by atoms with Crippen LogP contribution in [0.25, 0.3) is 11.2 Å². The van der Waals surface area contributed by atoms with E-state index in [4.69, 9.17) is 5.73 Å². The van der Waals surface area contributed by atoms with Gasteiger partial charge in [0.15, 0.2) is 11.2 Å². The molecule has 0 fully saturated rings. The highest BCUT2D eigenvalue weighted by Crippen LogP contribution is 2.23. The van der Waals surface area contributed by atoms with Crippen LogP contribution in [-0.4, -0.2) is 35.0 Å². The Morgan fingerprint density at radius 3 is 2.86 bits per heavy atom. The van der Waals surface area contributed by atoms with Crippen LogP contribution < -0.4 is 21.1 Å². The van der Waals surface area contributed by atoms with Gasteiger partial charge in [-0.1, -0.05) is 7.60 Å². The van der Waals surface area contributed by atoms with Crippen molar-refractivity contribution in [1.82, 2.24) is 19.5 Å². The highest BCUT2D eigenvalue weighted by atomic mass is 32.2. The molecule has 3 N–H and O–H groups in total.